The number of thioether (sulfide) groups is 1. The quantitative estimate of drug-likeness (QED) is 0.678. The third-order valence-electron chi connectivity index (χ3n) is 5.14. The summed E-state index contributed by atoms with van der Waals surface area (Å²) in [6.45, 7) is 4.49. The molecule has 1 heterocycles. The van der Waals surface area contributed by atoms with Crippen LogP contribution in [0.4, 0.5) is 10.5 Å². The summed E-state index contributed by atoms with van der Waals surface area (Å²) in [7, 11) is -3.43. The Morgan fingerprint density at radius 1 is 1.14 bits per heavy atom. The largest absolute Gasteiger partial charge is 0.373 e. The van der Waals surface area contributed by atoms with Gasteiger partial charge in [-0.15, -0.1) is 11.8 Å². The van der Waals surface area contributed by atoms with Gasteiger partial charge in [-0.1, -0.05) is 12.8 Å². The van der Waals surface area contributed by atoms with Crippen molar-refractivity contribution in [3.63, 3.8) is 0 Å². The topological polar surface area (TPSA) is 87.7 Å². The molecule has 2 atom stereocenters. The zero-order valence-corrected chi connectivity index (χ0v) is 18.7. The van der Waals surface area contributed by atoms with Crippen molar-refractivity contribution < 1.29 is 17.9 Å². The summed E-state index contributed by atoms with van der Waals surface area (Å²) < 4.78 is 32.0. The third-order valence-corrected chi connectivity index (χ3v) is 8.30. The van der Waals surface area contributed by atoms with E-state index in [1.807, 2.05) is 49.9 Å². The number of hydrogen-bond donors (Lipinski definition) is 2. The van der Waals surface area contributed by atoms with Crippen LogP contribution >= 0.6 is 11.8 Å². The van der Waals surface area contributed by atoms with Crippen molar-refractivity contribution >= 4 is 33.5 Å². The summed E-state index contributed by atoms with van der Waals surface area (Å²) in [5.41, 5.74) is 0.692. The van der Waals surface area contributed by atoms with Gasteiger partial charge in [0.15, 0.2) is 0 Å². The lowest BCUT2D eigenvalue weighted by Gasteiger charge is -2.34. The summed E-state index contributed by atoms with van der Waals surface area (Å²) >= 11 is 1.90. The molecule has 29 heavy (non-hydrogen) atoms. The van der Waals surface area contributed by atoms with Gasteiger partial charge in [-0.25, -0.2) is 13.2 Å². The first-order valence-electron chi connectivity index (χ1n) is 10.3. The van der Waals surface area contributed by atoms with Gasteiger partial charge in [-0.3, -0.25) is 0 Å². The molecular weight excluding hydrogens is 410 g/mol. The van der Waals surface area contributed by atoms with Crippen molar-refractivity contribution in [2.75, 3.05) is 30.7 Å². The Morgan fingerprint density at radius 3 is 2.38 bits per heavy atom. The zero-order valence-electron chi connectivity index (χ0n) is 17.1. The second kappa shape index (κ2) is 10.1. The van der Waals surface area contributed by atoms with Crippen LogP contribution in [0, 0.1) is 0 Å². The van der Waals surface area contributed by atoms with Crippen LogP contribution in [0.2, 0.25) is 0 Å². The maximum Gasteiger partial charge on any atom is 0.319 e. The van der Waals surface area contributed by atoms with Crippen molar-refractivity contribution in [2.45, 2.75) is 61.9 Å². The highest BCUT2D eigenvalue weighted by molar-refractivity contribution is 8.00. The molecule has 1 saturated heterocycles. The fourth-order valence-corrected chi connectivity index (χ4v) is 6.51. The van der Waals surface area contributed by atoms with E-state index < -0.39 is 16.1 Å². The predicted molar refractivity (Wildman–Crippen MR) is 117 cm³/mol. The molecule has 1 saturated carbocycles. The Hall–Kier alpha value is -1.29. The number of nitrogens with zero attached hydrogens (tertiary/aromatic N) is 1. The first-order valence-corrected chi connectivity index (χ1v) is 12.8. The van der Waals surface area contributed by atoms with Crippen LogP contribution in [0.25, 0.3) is 0 Å². The number of amides is 2. The van der Waals surface area contributed by atoms with Crippen molar-refractivity contribution in [1.29, 1.82) is 0 Å². The van der Waals surface area contributed by atoms with E-state index in [-0.39, 0.29) is 24.5 Å². The van der Waals surface area contributed by atoms with Gasteiger partial charge in [0, 0.05) is 35.5 Å². The molecule has 1 aliphatic heterocycles. The molecule has 3 rings (SSSR count). The number of rotatable bonds is 7. The Balaban J connectivity index is 1.41. The van der Waals surface area contributed by atoms with Crippen LogP contribution in [0.5, 0.6) is 0 Å². The number of carbonyl (C=O) groups excluding carboxylic acids is 1. The molecule has 2 amide bonds. The number of morpholine rings is 1. The first-order chi connectivity index (χ1) is 13.8. The second-order valence-electron chi connectivity index (χ2n) is 7.82. The highest BCUT2D eigenvalue weighted by atomic mass is 32.2. The van der Waals surface area contributed by atoms with E-state index >= 15 is 0 Å². The smallest absolute Gasteiger partial charge is 0.319 e. The molecule has 1 aromatic carbocycles. The van der Waals surface area contributed by atoms with Gasteiger partial charge in [0.1, 0.15) is 0 Å². The highest BCUT2D eigenvalue weighted by Crippen LogP contribution is 2.34. The Labute approximate surface area is 178 Å². The molecular formula is C20H31N3O4S2. The minimum absolute atomic E-state index is 0.0594. The number of benzene rings is 1. The molecule has 0 radical (unpaired) electrons. The van der Waals surface area contributed by atoms with Gasteiger partial charge in [0.05, 0.1) is 18.0 Å². The zero-order chi connectivity index (χ0) is 20.9. The van der Waals surface area contributed by atoms with Crippen molar-refractivity contribution in [3.8, 4) is 0 Å². The molecule has 0 unspecified atom stereocenters. The number of carbonyl (C=O) groups is 1. The van der Waals surface area contributed by atoms with E-state index in [9.17, 15) is 13.2 Å². The van der Waals surface area contributed by atoms with Crippen LogP contribution in [-0.4, -0.2) is 61.6 Å². The van der Waals surface area contributed by atoms with Crippen molar-refractivity contribution in [1.82, 2.24) is 9.62 Å². The normalized spacial score (nSPS) is 23.8. The van der Waals surface area contributed by atoms with Crippen LogP contribution in [0.3, 0.4) is 0 Å². The van der Waals surface area contributed by atoms with E-state index in [0.29, 0.717) is 24.0 Å². The summed E-state index contributed by atoms with van der Waals surface area (Å²) in [6.07, 6.45) is 4.93. The lowest BCUT2D eigenvalue weighted by Crippen LogP contribution is -2.49. The Morgan fingerprint density at radius 2 is 1.76 bits per heavy atom. The van der Waals surface area contributed by atoms with E-state index in [0.717, 1.165) is 0 Å². The third kappa shape index (κ3) is 6.87. The number of hydrogen-bond acceptors (Lipinski definition) is 5. The summed E-state index contributed by atoms with van der Waals surface area (Å²) in [5.74, 6) is -0.128. The first kappa shape index (κ1) is 22.4. The molecule has 1 aromatic rings. The fourth-order valence-electron chi connectivity index (χ4n) is 3.77. The maximum atomic E-state index is 12.5. The number of urea groups is 1. The number of nitrogens with one attached hydrogen (secondary N) is 2. The fraction of sp³-hybridized carbons (Fsp3) is 0.650. The van der Waals surface area contributed by atoms with Crippen LogP contribution in [-0.2, 0) is 14.8 Å². The van der Waals surface area contributed by atoms with Gasteiger partial charge >= 0.3 is 6.03 Å². The Bertz CT molecular complexity index is 769. The van der Waals surface area contributed by atoms with Crippen LogP contribution in [0.1, 0.15) is 39.5 Å². The average molecular weight is 442 g/mol. The summed E-state index contributed by atoms with van der Waals surface area (Å²) in [6, 6.07) is 7.39. The monoisotopic (exact) mass is 441 g/mol. The van der Waals surface area contributed by atoms with Crippen LogP contribution < -0.4 is 10.6 Å². The van der Waals surface area contributed by atoms with Gasteiger partial charge in [-0.05, 0) is 51.0 Å². The van der Waals surface area contributed by atoms with Crippen LogP contribution in [0.15, 0.2) is 29.2 Å². The van der Waals surface area contributed by atoms with Gasteiger partial charge in [-0.2, -0.15) is 4.31 Å². The average Bonchev–Trinajstić information content (AvgIpc) is 3.15. The molecule has 1 aliphatic carbocycles. The van der Waals surface area contributed by atoms with Gasteiger partial charge < -0.3 is 15.4 Å². The standard InChI is InChI=1S/C20H31N3O4S2/c1-15-13-23(14-16(2)27-15)29(25,26)12-11-21-20(24)22-17-7-9-19(10-8-17)28-18-5-3-4-6-18/h7-10,15-16,18H,3-6,11-14H2,1-2H3,(H2,21,22,24)/t15-,16+. The molecule has 2 N–H and O–H groups in total. The summed E-state index contributed by atoms with van der Waals surface area (Å²) in [4.78, 5) is 13.3. The van der Waals surface area contributed by atoms with Crippen molar-refractivity contribution in [3.05, 3.63) is 24.3 Å². The Kier molecular flexibility index (Phi) is 7.84. The molecule has 7 nitrogen and oxygen atoms in total. The predicted octanol–water partition coefficient (Wildman–Crippen LogP) is 3.28. The molecule has 162 valence electrons. The second-order valence-corrected chi connectivity index (χ2v) is 11.3. The number of ether oxygens (including phenoxy) is 1. The molecule has 9 heteroatoms. The van der Waals surface area contributed by atoms with Gasteiger partial charge in [0.25, 0.3) is 0 Å². The van der Waals surface area contributed by atoms with Gasteiger partial charge in [0.2, 0.25) is 10.0 Å². The molecule has 2 fully saturated rings. The SMILES string of the molecule is C[C@@H]1CN(S(=O)(=O)CCNC(=O)Nc2ccc(SC3CCCC3)cc2)C[C@H](C)O1. The lowest BCUT2D eigenvalue weighted by molar-refractivity contribution is -0.0440. The minimum atomic E-state index is -3.43. The van der Waals surface area contributed by atoms with E-state index in [4.69, 9.17) is 4.74 Å². The number of sulfonamides is 1. The lowest BCUT2D eigenvalue weighted by atomic mass is 10.3. The van der Waals surface area contributed by atoms with Crippen molar-refractivity contribution in [2.24, 2.45) is 0 Å². The summed E-state index contributed by atoms with van der Waals surface area (Å²) in [5, 5.41) is 6.09. The highest BCUT2D eigenvalue weighted by Gasteiger charge is 2.30. The maximum absolute atomic E-state index is 12.5. The number of anilines is 1. The van der Waals surface area contributed by atoms with E-state index in [1.54, 1.807) is 0 Å². The van der Waals surface area contributed by atoms with E-state index in [2.05, 4.69) is 10.6 Å². The van der Waals surface area contributed by atoms with E-state index in [1.165, 1.54) is 34.9 Å². The minimum Gasteiger partial charge on any atom is -0.373 e. The molecule has 0 bridgehead atoms. The molecule has 0 spiro atoms. The molecule has 2 aliphatic rings. The molecule has 0 aromatic heterocycles.